The van der Waals surface area contributed by atoms with Gasteiger partial charge in [0, 0.05) is 18.8 Å². The fraction of sp³-hybridized carbons (Fsp3) is 0.818. The lowest BCUT2D eigenvalue weighted by Crippen LogP contribution is -2.14. The van der Waals surface area contributed by atoms with E-state index in [1.54, 1.807) is 0 Å². The number of aliphatic hydroxyl groups excluding tert-OH is 1. The second-order valence-corrected chi connectivity index (χ2v) is 7.78. The lowest BCUT2D eigenvalue weighted by molar-refractivity contribution is -0.137. The minimum absolute atomic E-state index is 0.123. The van der Waals surface area contributed by atoms with E-state index in [9.17, 15) is 14.7 Å². The van der Waals surface area contributed by atoms with Crippen molar-refractivity contribution in [3.8, 4) is 0 Å². The van der Waals surface area contributed by atoms with E-state index in [4.69, 9.17) is 5.11 Å². The van der Waals surface area contributed by atoms with Crippen LogP contribution in [0, 0.1) is 11.8 Å². The quantitative estimate of drug-likeness (QED) is 0.305. The molecular formula is C22H38O4. The lowest BCUT2D eigenvalue weighted by Gasteiger charge is -2.15. The number of unbranched alkanes of at least 4 members (excludes halogenated alkanes) is 7. The van der Waals surface area contributed by atoms with Gasteiger partial charge in [0.05, 0.1) is 6.10 Å². The Morgan fingerprint density at radius 1 is 1.12 bits per heavy atom. The van der Waals surface area contributed by atoms with Crippen LogP contribution >= 0.6 is 0 Å². The zero-order chi connectivity index (χ0) is 19.2. The first-order chi connectivity index (χ1) is 12.5. The van der Waals surface area contributed by atoms with Crippen molar-refractivity contribution in [3.63, 3.8) is 0 Å². The molecule has 1 aliphatic carbocycles. The molecule has 26 heavy (non-hydrogen) atoms. The number of ketones is 1. The maximum absolute atomic E-state index is 12.2. The third-order valence-electron chi connectivity index (χ3n) is 5.49. The number of carboxylic acids is 1. The molecular weight excluding hydrogens is 328 g/mol. The molecule has 0 saturated heterocycles. The molecule has 3 unspecified atom stereocenters. The zero-order valence-electron chi connectivity index (χ0n) is 16.5. The summed E-state index contributed by atoms with van der Waals surface area (Å²) in [5.41, 5.74) is 0. The minimum atomic E-state index is -0.719. The van der Waals surface area contributed by atoms with Crippen LogP contribution in [0.1, 0.15) is 96.8 Å². The fourth-order valence-electron chi connectivity index (χ4n) is 3.86. The Hall–Kier alpha value is -1.16. The van der Waals surface area contributed by atoms with Gasteiger partial charge in [0.15, 0.2) is 0 Å². The first kappa shape index (κ1) is 22.9. The summed E-state index contributed by atoms with van der Waals surface area (Å²) in [6, 6.07) is 0. The standard InChI is InChI=1S/C22H38O4/c1-2-3-4-8-11-19(23)16-14-18-15-17-21(24)20(18)12-9-6-5-7-10-13-22(25)26/h14,16,18-20,23H,2-13,15,17H2,1H3,(H,25,26)/b16-14+. The number of aliphatic hydroxyl groups is 1. The van der Waals surface area contributed by atoms with Crippen LogP contribution in [0.5, 0.6) is 0 Å². The van der Waals surface area contributed by atoms with Gasteiger partial charge in [-0.2, -0.15) is 0 Å². The minimum Gasteiger partial charge on any atom is -0.481 e. The molecule has 4 heteroatoms. The van der Waals surface area contributed by atoms with Crippen molar-refractivity contribution in [3.05, 3.63) is 12.2 Å². The van der Waals surface area contributed by atoms with Gasteiger partial charge < -0.3 is 10.2 Å². The topological polar surface area (TPSA) is 74.6 Å². The van der Waals surface area contributed by atoms with Crippen LogP contribution in [0.2, 0.25) is 0 Å². The first-order valence-corrected chi connectivity index (χ1v) is 10.7. The molecule has 0 heterocycles. The van der Waals surface area contributed by atoms with E-state index in [1.807, 2.05) is 6.08 Å². The highest BCUT2D eigenvalue weighted by Gasteiger charge is 2.32. The predicted molar refractivity (Wildman–Crippen MR) is 105 cm³/mol. The molecule has 4 nitrogen and oxygen atoms in total. The molecule has 0 bridgehead atoms. The van der Waals surface area contributed by atoms with E-state index in [0.717, 1.165) is 57.8 Å². The molecule has 2 N–H and O–H groups in total. The molecule has 3 atom stereocenters. The summed E-state index contributed by atoms with van der Waals surface area (Å²) < 4.78 is 0. The highest BCUT2D eigenvalue weighted by atomic mass is 16.4. The molecule has 0 aromatic carbocycles. The normalized spacial score (nSPS) is 21.5. The van der Waals surface area contributed by atoms with Crippen LogP contribution < -0.4 is 0 Å². The van der Waals surface area contributed by atoms with Gasteiger partial charge >= 0.3 is 5.97 Å². The lowest BCUT2D eigenvalue weighted by atomic mass is 9.89. The maximum Gasteiger partial charge on any atom is 0.303 e. The second-order valence-electron chi connectivity index (χ2n) is 7.78. The third-order valence-corrected chi connectivity index (χ3v) is 5.49. The third kappa shape index (κ3) is 10.1. The summed E-state index contributed by atoms with van der Waals surface area (Å²) >= 11 is 0. The Morgan fingerprint density at radius 2 is 1.81 bits per heavy atom. The van der Waals surface area contributed by atoms with Crippen LogP contribution in [0.15, 0.2) is 12.2 Å². The summed E-state index contributed by atoms with van der Waals surface area (Å²) in [4.78, 5) is 22.6. The van der Waals surface area contributed by atoms with Crippen molar-refractivity contribution < 1.29 is 19.8 Å². The largest absolute Gasteiger partial charge is 0.481 e. The van der Waals surface area contributed by atoms with Gasteiger partial charge in [0.1, 0.15) is 5.78 Å². The smallest absolute Gasteiger partial charge is 0.303 e. The molecule has 0 aromatic heterocycles. The van der Waals surface area contributed by atoms with Gasteiger partial charge in [-0.25, -0.2) is 0 Å². The number of carbonyl (C=O) groups is 2. The SMILES string of the molecule is CCCCCCC(O)/C=C/C1CCC(=O)C1CCCCCCCC(=O)O. The maximum atomic E-state index is 12.2. The summed E-state index contributed by atoms with van der Waals surface area (Å²) in [7, 11) is 0. The first-order valence-electron chi connectivity index (χ1n) is 10.7. The average Bonchev–Trinajstić information content (AvgIpc) is 2.96. The number of aliphatic carboxylic acids is 1. The molecule has 1 rings (SSSR count). The highest BCUT2D eigenvalue weighted by Crippen LogP contribution is 2.34. The average molecular weight is 367 g/mol. The van der Waals surface area contributed by atoms with Gasteiger partial charge in [-0.15, -0.1) is 0 Å². The number of carbonyl (C=O) groups excluding carboxylic acids is 1. The van der Waals surface area contributed by atoms with Crippen LogP contribution in [-0.2, 0) is 9.59 Å². The van der Waals surface area contributed by atoms with Gasteiger partial charge in [0.25, 0.3) is 0 Å². The molecule has 0 aliphatic heterocycles. The summed E-state index contributed by atoms with van der Waals surface area (Å²) in [5, 5.41) is 18.7. The Bertz CT molecular complexity index is 430. The van der Waals surface area contributed by atoms with Crippen LogP contribution in [0.3, 0.4) is 0 Å². The number of rotatable bonds is 15. The molecule has 1 aliphatic rings. The van der Waals surface area contributed by atoms with Crippen LogP contribution in [0.4, 0.5) is 0 Å². The Balaban J connectivity index is 2.23. The summed E-state index contributed by atoms with van der Waals surface area (Å²) in [6.45, 7) is 2.18. The zero-order valence-corrected chi connectivity index (χ0v) is 16.5. The van der Waals surface area contributed by atoms with E-state index >= 15 is 0 Å². The Morgan fingerprint density at radius 3 is 2.54 bits per heavy atom. The van der Waals surface area contributed by atoms with Crippen molar-refractivity contribution >= 4 is 11.8 Å². The van der Waals surface area contributed by atoms with Crippen LogP contribution in [0.25, 0.3) is 0 Å². The van der Waals surface area contributed by atoms with Crippen LogP contribution in [-0.4, -0.2) is 28.1 Å². The van der Waals surface area contributed by atoms with E-state index in [0.29, 0.717) is 18.1 Å². The van der Waals surface area contributed by atoms with E-state index in [-0.39, 0.29) is 18.4 Å². The number of hydrogen-bond donors (Lipinski definition) is 2. The van der Waals surface area contributed by atoms with Gasteiger partial charge in [-0.3, -0.25) is 9.59 Å². The van der Waals surface area contributed by atoms with E-state index in [1.165, 1.54) is 19.3 Å². The fourth-order valence-corrected chi connectivity index (χ4v) is 3.86. The number of carboxylic acid groups (broad SMARTS) is 1. The second kappa shape index (κ2) is 14.0. The summed E-state index contributed by atoms with van der Waals surface area (Å²) in [5.74, 6) is 0.0732. The molecule has 1 fully saturated rings. The van der Waals surface area contributed by atoms with E-state index in [2.05, 4.69) is 13.0 Å². The number of hydrogen-bond acceptors (Lipinski definition) is 3. The molecule has 150 valence electrons. The van der Waals surface area contributed by atoms with Gasteiger partial charge in [-0.1, -0.05) is 70.4 Å². The molecule has 0 radical (unpaired) electrons. The van der Waals surface area contributed by atoms with E-state index < -0.39 is 5.97 Å². The Kier molecular flexibility index (Phi) is 12.3. The predicted octanol–water partition coefficient (Wildman–Crippen LogP) is 5.28. The summed E-state index contributed by atoms with van der Waals surface area (Å²) in [6.07, 6.45) is 16.8. The molecule has 0 aromatic rings. The van der Waals surface area contributed by atoms with Crippen molar-refractivity contribution in [2.45, 2.75) is 103 Å². The van der Waals surface area contributed by atoms with Crippen molar-refractivity contribution in [1.29, 1.82) is 0 Å². The van der Waals surface area contributed by atoms with Gasteiger partial charge in [0.2, 0.25) is 0 Å². The monoisotopic (exact) mass is 366 g/mol. The van der Waals surface area contributed by atoms with Crippen molar-refractivity contribution in [2.24, 2.45) is 11.8 Å². The molecule has 0 amide bonds. The molecule has 0 spiro atoms. The number of allylic oxidation sites excluding steroid dienone is 1. The highest BCUT2D eigenvalue weighted by molar-refractivity contribution is 5.83. The number of Topliss-reactive ketones (excluding diaryl/α,β-unsaturated/α-hetero) is 1. The van der Waals surface area contributed by atoms with Gasteiger partial charge in [-0.05, 0) is 31.6 Å². The molecule has 1 saturated carbocycles. The Labute approximate surface area is 159 Å². The van der Waals surface area contributed by atoms with Crippen molar-refractivity contribution in [2.75, 3.05) is 0 Å². The van der Waals surface area contributed by atoms with Crippen molar-refractivity contribution in [1.82, 2.24) is 0 Å².